The highest BCUT2D eigenvalue weighted by molar-refractivity contribution is 7.99. The number of anilines is 1. The van der Waals surface area contributed by atoms with Gasteiger partial charge in [0.2, 0.25) is 5.91 Å². The van der Waals surface area contributed by atoms with E-state index in [9.17, 15) is 9.59 Å². The second-order valence-electron chi connectivity index (χ2n) is 8.56. The first-order chi connectivity index (χ1) is 17.0. The van der Waals surface area contributed by atoms with Gasteiger partial charge in [-0.05, 0) is 36.2 Å². The molecule has 0 aliphatic carbocycles. The van der Waals surface area contributed by atoms with Gasteiger partial charge >= 0.3 is 0 Å². The number of thioether (sulfide) groups is 1. The van der Waals surface area contributed by atoms with Crippen LogP contribution in [0.5, 0.6) is 0 Å². The highest BCUT2D eigenvalue weighted by Gasteiger charge is 2.17. The number of aromatic nitrogens is 3. The average Bonchev–Trinajstić information content (AvgIpc) is 3.26. The van der Waals surface area contributed by atoms with Crippen molar-refractivity contribution in [2.45, 2.75) is 31.3 Å². The molecule has 1 fully saturated rings. The third kappa shape index (κ3) is 7.38. The minimum atomic E-state index is -0.193. The van der Waals surface area contributed by atoms with Gasteiger partial charge < -0.3 is 19.9 Å². The molecule has 2 N–H and O–H groups in total. The maximum Gasteiger partial charge on any atom is 0.251 e. The van der Waals surface area contributed by atoms with Crippen LogP contribution < -0.4 is 10.6 Å². The molecular formula is C25H30N6O3S. The summed E-state index contributed by atoms with van der Waals surface area (Å²) in [5.41, 5.74) is 3.32. The van der Waals surface area contributed by atoms with Crippen molar-refractivity contribution in [1.82, 2.24) is 25.0 Å². The van der Waals surface area contributed by atoms with Crippen LogP contribution in [0.2, 0.25) is 0 Å². The number of hydrogen-bond donors (Lipinski definition) is 2. The van der Waals surface area contributed by atoms with Crippen molar-refractivity contribution in [2.24, 2.45) is 7.05 Å². The van der Waals surface area contributed by atoms with Gasteiger partial charge in [-0.1, -0.05) is 42.1 Å². The van der Waals surface area contributed by atoms with E-state index in [0.29, 0.717) is 23.0 Å². The fourth-order valence-electron chi connectivity index (χ4n) is 3.88. The molecule has 1 aliphatic rings. The van der Waals surface area contributed by atoms with Crippen molar-refractivity contribution in [3.05, 3.63) is 71.5 Å². The van der Waals surface area contributed by atoms with Crippen molar-refractivity contribution in [1.29, 1.82) is 0 Å². The van der Waals surface area contributed by atoms with Crippen molar-refractivity contribution >= 4 is 29.3 Å². The molecule has 1 unspecified atom stereocenters. The van der Waals surface area contributed by atoms with Gasteiger partial charge in [-0.2, -0.15) is 0 Å². The molecule has 1 saturated heterocycles. The molecular weight excluding hydrogens is 464 g/mol. The smallest absolute Gasteiger partial charge is 0.251 e. The summed E-state index contributed by atoms with van der Waals surface area (Å²) in [7, 11) is 1.82. The molecule has 1 aliphatic heterocycles. The Balaban J connectivity index is 1.28. The predicted octanol–water partition coefficient (Wildman–Crippen LogP) is 2.70. The maximum absolute atomic E-state index is 12.7. The molecule has 35 heavy (non-hydrogen) atoms. The van der Waals surface area contributed by atoms with Crippen molar-refractivity contribution in [2.75, 3.05) is 30.8 Å². The van der Waals surface area contributed by atoms with Crippen molar-refractivity contribution in [3.8, 4) is 0 Å². The molecule has 2 aromatic carbocycles. The van der Waals surface area contributed by atoms with Crippen LogP contribution >= 0.6 is 11.8 Å². The SMILES string of the molecule is CC1CN(Cc2cccc(CNC(=O)c3cccc(NC(=O)CSc4nncn4C)c3)c2)CCO1. The van der Waals surface area contributed by atoms with E-state index in [1.807, 2.05) is 19.2 Å². The number of rotatable bonds is 9. The zero-order valence-corrected chi connectivity index (χ0v) is 20.8. The molecule has 2 heterocycles. The molecule has 1 atom stereocenters. The summed E-state index contributed by atoms with van der Waals surface area (Å²) in [6.45, 7) is 6.00. The summed E-state index contributed by atoms with van der Waals surface area (Å²) in [4.78, 5) is 27.4. The van der Waals surface area contributed by atoms with Gasteiger partial charge in [-0.15, -0.1) is 10.2 Å². The van der Waals surface area contributed by atoms with Gasteiger partial charge in [0.05, 0.1) is 18.5 Å². The topological polar surface area (TPSA) is 101 Å². The lowest BCUT2D eigenvalue weighted by Gasteiger charge is -2.31. The number of amides is 2. The third-order valence-corrected chi connectivity index (χ3v) is 6.62. The second kappa shape index (κ2) is 12.0. The van der Waals surface area contributed by atoms with Crippen molar-refractivity contribution in [3.63, 3.8) is 0 Å². The maximum atomic E-state index is 12.7. The molecule has 4 rings (SSSR count). The summed E-state index contributed by atoms with van der Waals surface area (Å²) in [6, 6.07) is 15.2. The Kier molecular flexibility index (Phi) is 8.51. The number of nitrogens with one attached hydrogen (secondary N) is 2. The summed E-state index contributed by atoms with van der Waals surface area (Å²) >= 11 is 1.30. The molecule has 10 heteroatoms. The third-order valence-electron chi connectivity index (χ3n) is 5.59. The van der Waals surface area contributed by atoms with Crippen LogP contribution in [0.4, 0.5) is 5.69 Å². The number of aryl methyl sites for hydroxylation is 1. The Morgan fingerprint density at radius 3 is 2.80 bits per heavy atom. The van der Waals surface area contributed by atoms with Gasteiger partial charge in [0.1, 0.15) is 6.33 Å². The lowest BCUT2D eigenvalue weighted by atomic mass is 10.1. The first-order valence-electron chi connectivity index (χ1n) is 11.5. The Labute approximate surface area is 209 Å². The van der Waals surface area contributed by atoms with Gasteiger partial charge in [-0.3, -0.25) is 14.5 Å². The van der Waals surface area contributed by atoms with Crippen LogP contribution in [0.3, 0.4) is 0 Å². The molecule has 1 aromatic heterocycles. The number of carbonyl (C=O) groups excluding carboxylic acids is 2. The Morgan fingerprint density at radius 2 is 2.00 bits per heavy atom. The van der Waals surface area contributed by atoms with Gasteiger partial charge in [0, 0.05) is 44.5 Å². The quantitative estimate of drug-likeness (QED) is 0.441. The van der Waals surface area contributed by atoms with E-state index < -0.39 is 0 Å². The summed E-state index contributed by atoms with van der Waals surface area (Å²) in [6.07, 6.45) is 1.84. The largest absolute Gasteiger partial charge is 0.376 e. The Morgan fingerprint density at radius 1 is 1.17 bits per heavy atom. The first-order valence-corrected chi connectivity index (χ1v) is 12.5. The van der Waals surface area contributed by atoms with E-state index in [-0.39, 0.29) is 23.7 Å². The number of hydrogen-bond acceptors (Lipinski definition) is 7. The van der Waals surface area contributed by atoms with E-state index in [4.69, 9.17) is 4.74 Å². The summed E-state index contributed by atoms with van der Waals surface area (Å²) in [5, 5.41) is 14.2. The van der Waals surface area contributed by atoms with Gasteiger partial charge in [0.15, 0.2) is 5.16 Å². The number of nitrogens with zero attached hydrogens (tertiary/aromatic N) is 4. The van der Waals surface area contributed by atoms with E-state index in [0.717, 1.165) is 31.8 Å². The molecule has 9 nitrogen and oxygen atoms in total. The number of carbonyl (C=O) groups is 2. The molecule has 0 saturated carbocycles. The fourth-order valence-corrected chi connectivity index (χ4v) is 4.57. The second-order valence-corrected chi connectivity index (χ2v) is 9.50. The summed E-state index contributed by atoms with van der Waals surface area (Å²) in [5.74, 6) is -0.174. The van der Waals surface area contributed by atoms with Gasteiger partial charge in [-0.25, -0.2) is 0 Å². The van der Waals surface area contributed by atoms with Crippen LogP contribution in [0.1, 0.15) is 28.4 Å². The molecule has 0 radical (unpaired) electrons. The number of morpholine rings is 1. The monoisotopic (exact) mass is 494 g/mol. The molecule has 0 spiro atoms. The van der Waals surface area contributed by atoms with E-state index in [2.05, 4.69) is 44.8 Å². The standard InChI is InChI=1S/C25H30N6O3S/c1-18-14-31(9-10-34-18)15-20-6-3-5-19(11-20)13-26-24(33)21-7-4-8-22(12-21)28-23(32)16-35-25-29-27-17-30(25)2/h3-8,11-12,17-18H,9-10,13-16H2,1-2H3,(H,26,33)(H,28,32). The highest BCUT2D eigenvalue weighted by atomic mass is 32.2. The molecule has 184 valence electrons. The lowest BCUT2D eigenvalue weighted by molar-refractivity contribution is -0.113. The normalized spacial score (nSPS) is 16.1. The lowest BCUT2D eigenvalue weighted by Crippen LogP contribution is -2.40. The zero-order chi connectivity index (χ0) is 24.6. The molecule has 2 amide bonds. The van der Waals surface area contributed by atoms with E-state index >= 15 is 0 Å². The Bertz CT molecular complexity index is 1170. The van der Waals surface area contributed by atoms with E-state index in [1.165, 1.54) is 17.3 Å². The highest BCUT2D eigenvalue weighted by Crippen LogP contribution is 2.16. The van der Waals surface area contributed by atoms with Crippen LogP contribution in [0, 0.1) is 0 Å². The fraction of sp³-hybridized carbons (Fsp3) is 0.360. The molecule has 0 bridgehead atoms. The van der Waals surface area contributed by atoms with Crippen LogP contribution in [0.25, 0.3) is 0 Å². The number of benzene rings is 2. The first kappa shape index (κ1) is 24.9. The Hall–Kier alpha value is -3.21. The minimum absolute atomic E-state index is 0.179. The van der Waals surface area contributed by atoms with Crippen LogP contribution in [-0.2, 0) is 29.7 Å². The number of ether oxygens (including phenoxy) is 1. The predicted molar refractivity (Wildman–Crippen MR) is 135 cm³/mol. The van der Waals surface area contributed by atoms with Crippen LogP contribution in [0.15, 0.2) is 60.0 Å². The molecule has 3 aromatic rings. The zero-order valence-electron chi connectivity index (χ0n) is 19.9. The van der Waals surface area contributed by atoms with E-state index in [1.54, 1.807) is 35.2 Å². The van der Waals surface area contributed by atoms with Crippen LogP contribution in [-0.4, -0.2) is 63.0 Å². The van der Waals surface area contributed by atoms with Gasteiger partial charge in [0.25, 0.3) is 5.91 Å². The van der Waals surface area contributed by atoms with Crippen molar-refractivity contribution < 1.29 is 14.3 Å². The minimum Gasteiger partial charge on any atom is -0.376 e. The summed E-state index contributed by atoms with van der Waals surface area (Å²) < 4.78 is 7.37. The average molecular weight is 495 g/mol.